The number of nitrogen functional groups attached to an aromatic ring is 1. The van der Waals surface area contributed by atoms with Gasteiger partial charge in [0.05, 0.1) is 5.02 Å². The number of pyridine rings is 1. The Kier molecular flexibility index (Phi) is 3.60. The minimum atomic E-state index is 0.604. The molecule has 4 heteroatoms. The van der Waals surface area contributed by atoms with E-state index in [1.807, 2.05) is 22.7 Å². The summed E-state index contributed by atoms with van der Waals surface area (Å²) in [6.45, 7) is 4.44. The van der Waals surface area contributed by atoms with Gasteiger partial charge in [0.25, 0.3) is 0 Å². The third kappa shape index (κ3) is 2.61. The number of fused-ring (bicyclic) bond motifs is 1. The Morgan fingerprint density at radius 3 is 2.52 bits per heavy atom. The topological polar surface area (TPSA) is 43.3 Å². The van der Waals surface area contributed by atoms with Crippen LogP contribution < -0.4 is 5.73 Å². The average Bonchev–Trinajstić information content (AvgIpc) is 2.78. The molecular formula is C17H18ClN3. The molecule has 0 aliphatic carbocycles. The molecule has 0 spiro atoms. The molecule has 3 aromatic rings. The van der Waals surface area contributed by atoms with Gasteiger partial charge in [-0.3, -0.25) is 4.40 Å². The number of nitrogens with zero attached hydrogens (tertiary/aromatic N) is 2. The van der Waals surface area contributed by atoms with Crippen LogP contribution in [0.1, 0.15) is 19.4 Å². The van der Waals surface area contributed by atoms with E-state index in [0.717, 1.165) is 17.7 Å². The van der Waals surface area contributed by atoms with E-state index in [1.54, 1.807) is 0 Å². The number of benzene rings is 1. The SMILES string of the molecule is CC(C)Cc1ccc(-c2nc3c(Cl)cccn3c2N)cc1. The van der Waals surface area contributed by atoms with Crippen LogP contribution in [0.5, 0.6) is 0 Å². The van der Waals surface area contributed by atoms with E-state index in [-0.39, 0.29) is 0 Å². The van der Waals surface area contributed by atoms with Crippen LogP contribution in [-0.2, 0) is 6.42 Å². The number of aromatic nitrogens is 2. The molecule has 0 atom stereocenters. The lowest BCUT2D eigenvalue weighted by molar-refractivity contribution is 0.647. The molecule has 0 fully saturated rings. The normalized spacial score (nSPS) is 11.4. The molecule has 1 aromatic carbocycles. The number of nitrogens with two attached hydrogens (primary N) is 1. The predicted molar refractivity (Wildman–Crippen MR) is 88.6 cm³/mol. The quantitative estimate of drug-likeness (QED) is 0.777. The first-order valence-corrected chi connectivity index (χ1v) is 7.45. The van der Waals surface area contributed by atoms with Crippen LogP contribution in [0.2, 0.25) is 5.02 Å². The van der Waals surface area contributed by atoms with Crippen LogP contribution in [0.15, 0.2) is 42.6 Å². The molecule has 3 nitrogen and oxygen atoms in total. The Morgan fingerprint density at radius 2 is 1.90 bits per heavy atom. The maximum Gasteiger partial charge on any atom is 0.157 e. The fraction of sp³-hybridized carbons (Fsp3) is 0.235. The van der Waals surface area contributed by atoms with E-state index in [4.69, 9.17) is 17.3 Å². The molecule has 3 rings (SSSR count). The number of imidazole rings is 1. The van der Waals surface area contributed by atoms with Crippen LogP contribution in [0.4, 0.5) is 5.82 Å². The van der Waals surface area contributed by atoms with Crippen LogP contribution in [-0.4, -0.2) is 9.38 Å². The zero-order valence-electron chi connectivity index (χ0n) is 12.2. The minimum Gasteiger partial charge on any atom is -0.383 e. The molecule has 21 heavy (non-hydrogen) atoms. The molecular weight excluding hydrogens is 282 g/mol. The van der Waals surface area contributed by atoms with Gasteiger partial charge >= 0.3 is 0 Å². The van der Waals surface area contributed by atoms with Crippen molar-refractivity contribution in [1.29, 1.82) is 0 Å². The van der Waals surface area contributed by atoms with Gasteiger partial charge in [0.1, 0.15) is 11.5 Å². The zero-order valence-corrected chi connectivity index (χ0v) is 12.9. The van der Waals surface area contributed by atoms with Gasteiger partial charge in [-0.25, -0.2) is 4.98 Å². The highest BCUT2D eigenvalue weighted by molar-refractivity contribution is 6.33. The van der Waals surface area contributed by atoms with Gasteiger partial charge in [-0.1, -0.05) is 49.7 Å². The summed E-state index contributed by atoms with van der Waals surface area (Å²) in [5.74, 6) is 1.26. The van der Waals surface area contributed by atoms with Crippen molar-refractivity contribution in [3.05, 3.63) is 53.2 Å². The molecule has 0 saturated heterocycles. The van der Waals surface area contributed by atoms with Crippen molar-refractivity contribution in [3.8, 4) is 11.3 Å². The minimum absolute atomic E-state index is 0.604. The van der Waals surface area contributed by atoms with Gasteiger partial charge in [-0.15, -0.1) is 0 Å². The highest BCUT2D eigenvalue weighted by Gasteiger charge is 2.13. The summed E-state index contributed by atoms with van der Waals surface area (Å²) in [6, 6.07) is 12.1. The maximum absolute atomic E-state index is 6.20. The first-order valence-electron chi connectivity index (χ1n) is 7.07. The van der Waals surface area contributed by atoms with Crippen molar-refractivity contribution in [1.82, 2.24) is 9.38 Å². The Morgan fingerprint density at radius 1 is 1.19 bits per heavy atom. The fourth-order valence-electron chi connectivity index (χ4n) is 2.54. The van der Waals surface area contributed by atoms with Gasteiger partial charge in [0.2, 0.25) is 0 Å². The molecule has 0 amide bonds. The second kappa shape index (κ2) is 5.41. The number of halogens is 1. The second-order valence-corrected chi connectivity index (χ2v) is 6.10. The Balaban J connectivity index is 2.04. The molecule has 2 aromatic heterocycles. The second-order valence-electron chi connectivity index (χ2n) is 5.69. The summed E-state index contributed by atoms with van der Waals surface area (Å²) < 4.78 is 1.82. The van der Waals surface area contributed by atoms with E-state index in [2.05, 4.69) is 43.1 Å². The summed E-state index contributed by atoms with van der Waals surface area (Å²) in [7, 11) is 0. The number of hydrogen-bond donors (Lipinski definition) is 1. The predicted octanol–water partition coefficient (Wildman–Crippen LogP) is 4.44. The van der Waals surface area contributed by atoms with Crippen molar-refractivity contribution in [3.63, 3.8) is 0 Å². The highest BCUT2D eigenvalue weighted by atomic mass is 35.5. The number of hydrogen-bond acceptors (Lipinski definition) is 2. The highest BCUT2D eigenvalue weighted by Crippen LogP contribution is 2.29. The zero-order chi connectivity index (χ0) is 15.0. The largest absolute Gasteiger partial charge is 0.383 e. The van der Waals surface area contributed by atoms with E-state index in [0.29, 0.717) is 22.4 Å². The lowest BCUT2D eigenvalue weighted by atomic mass is 10.0. The summed E-state index contributed by atoms with van der Waals surface area (Å²) in [4.78, 5) is 4.58. The number of rotatable bonds is 3. The van der Waals surface area contributed by atoms with Crippen molar-refractivity contribution in [2.75, 3.05) is 5.73 Å². The molecule has 0 unspecified atom stereocenters. The Labute approximate surface area is 129 Å². The molecule has 2 N–H and O–H groups in total. The van der Waals surface area contributed by atoms with Gasteiger partial charge in [-0.05, 0) is 30.0 Å². The third-order valence-electron chi connectivity index (χ3n) is 3.51. The fourth-order valence-corrected chi connectivity index (χ4v) is 2.74. The summed E-state index contributed by atoms with van der Waals surface area (Å²) in [5, 5.41) is 0.604. The standard InChI is InChI=1S/C17H18ClN3/c1-11(2)10-12-5-7-13(8-6-12)15-16(19)21-9-3-4-14(18)17(21)20-15/h3-9,11H,10,19H2,1-2H3. The third-order valence-corrected chi connectivity index (χ3v) is 3.81. The Bertz CT molecular complexity index is 773. The maximum atomic E-state index is 6.20. The van der Waals surface area contributed by atoms with Crippen molar-refractivity contribution in [2.24, 2.45) is 5.92 Å². The smallest absolute Gasteiger partial charge is 0.157 e. The monoisotopic (exact) mass is 299 g/mol. The first-order chi connectivity index (χ1) is 10.1. The van der Waals surface area contributed by atoms with Gasteiger partial charge in [0.15, 0.2) is 5.65 Å². The van der Waals surface area contributed by atoms with E-state index in [1.165, 1.54) is 5.56 Å². The summed E-state index contributed by atoms with van der Waals surface area (Å²) >= 11 is 6.17. The molecule has 0 saturated carbocycles. The first kappa shape index (κ1) is 14.0. The van der Waals surface area contributed by atoms with Crippen molar-refractivity contribution >= 4 is 23.1 Å². The number of anilines is 1. The van der Waals surface area contributed by atoms with Crippen molar-refractivity contribution < 1.29 is 0 Å². The average molecular weight is 300 g/mol. The molecule has 2 heterocycles. The lowest BCUT2D eigenvalue weighted by Crippen LogP contribution is -1.95. The summed E-state index contributed by atoms with van der Waals surface area (Å²) in [6.07, 6.45) is 2.95. The molecule has 0 bridgehead atoms. The molecule has 0 aliphatic rings. The van der Waals surface area contributed by atoms with Gasteiger partial charge in [-0.2, -0.15) is 0 Å². The summed E-state index contributed by atoms with van der Waals surface area (Å²) in [5.41, 5.74) is 10.0. The van der Waals surface area contributed by atoms with Crippen LogP contribution in [0, 0.1) is 5.92 Å². The molecule has 108 valence electrons. The van der Waals surface area contributed by atoms with Crippen LogP contribution >= 0.6 is 11.6 Å². The van der Waals surface area contributed by atoms with Crippen LogP contribution in [0.25, 0.3) is 16.9 Å². The molecule has 0 radical (unpaired) electrons. The van der Waals surface area contributed by atoms with Gasteiger partial charge < -0.3 is 5.73 Å². The van der Waals surface area contributed by atoms with Gasteiger partial charge in [0, 0.05) is 11.8 Å². The van der Waals surface area contributed by atoms with E-state index in [9.17, 15) is 0 Å². The van der Waals surface area contributed by atoms with Crippen LogP contribution in [0.3, 0.4) is 0 Å². The molecule has 0 aliphatic heterocycles. The Hall–Kier alpha value is -2.00. The van der Waals surface area contributed by atoms with E-state index >= 15 is 0 Å². The van der Waals surface area contributed by atoms with Crippen molar-refractivity contribution in [2.45, 2.75) is 20.3 Å². The lowest BCUT2D eigenvalue weighted by Gasteiger charge is -2.06. The van der Waals surface area contributed by atoms with E-state index < -0.39 is 0 Å².